The molecule has 0 aromatic rings. The van der Waals surface area contributed by atoms with E-state index < -0.39 is 35.5 Å². The lowest BCUT2D eigenvalue weighted by Crippen LogP contribution is -2.44. The molecule has 1 fully saturated rings. The van der Waals surface area contributed by atoms with Crippen LogP contribution in [-0.4, -0.2) is 47.4 Å². The van der Waals surface area contributed by atoms with Crippen LogP contribution >= 0.6 is 0 Å². The van der Waals surface area contributed by atoms with Crippen molar-refractivity contribution in [1.82, 2.24) is 0 Å². The number of aliphatic hydroxyl groups is 1. The zero-order valence-corrected chi connectivity index (χ0v) is 19.3. The zero-order chi connectivity index (χ0) is 23.6. The van der Waals surface area contributed by atoms with Gasteiger partial charge in [0.2, 0.25) is 0 Å². The van der Waals surface area contributed by atoms with Crippen LogP contribution in [0.4, 0.5) is 0 Å². The van der Waals surface area contributed by atoms with E-state index in [4.69, 9.17) is 9.47 Å². The normalized spacial score (nSPS) is 32.9. The summed E-state index contributed by atoms with van der Waals surface area (Å²) in [5.74, 6) is -1.73. The summed E-state index contributed by atoms with van der Waals surface area (Å²) in [5.41, 5.74) is 1.03. The highest BCUT2D eigenvalue weighted by molar-refractivity contribution is 6.35. The van der Waals surface area contributed by atoms with E-state index >= 15 is 0 Å². The van der Waals surface area contributed by atoms with Crippen LogP contribution in [0.2, 0.25) is 0 Å². The van der Waals surface area contributed by atoms with E-state index in [1.165, 1.54) is 0 Å². The molecule has 176 valence electrons. The summed E-state index contributed by atoms with van der Waals surface area (Å²) in [6.07, 6.45) is 5.80. The molecule has 0 bridgehead atoms. The maximum atomic E-state index is 12.9. The van der Waals surface area contributed by atoms with Gasteiger partial charge in [0, 0.05) is 18.8 Å². The fraction of sp³-hybridized carbons (Fsp3) is 0.680. The third kappa shape index (κ3) is 5.03. The number of aliphatic hydroxyl groups excluding tert-OH is 1. The Bertz CT molecular complexity index is 837. The molecule has 7 heteroatoms. The molecule has 3 rings (SSSR count). The molecule has 0 saturated carbocycles. The molecule has 0 aromatic carbocycles. The van der Waals surface area contributed by atoms with Gasteiger partial charge < -0.3 is 14.6 Å². The van der Waals surface area contributed by atoms with E-state index in [1.54, 1.807) is 0 Å². The minimum atomic E-state index is -1.31. The minimum absolute atomic E-state index is 0.0510. The van der Waals surface area contributed by atoms with Gasteiger partial charge in [-0.05, 0) is 62.5 Å². The second-order valence-electron chi connectivity index (χ2n) is 10.0. The quantitative estimate of drug-likeness (QED) is 0.364. The van der Waals surface area contributed by atoms with Gasteiger partial charge in [0.25, 0.3) is 5.78 Å². The van der Waals surface area contributed by atoms with Crippen molar-refractivity contribution >= 4 is 24.0 Å². The number of cyclic esters (lactones) is 1. The first-order valence-electron chi connectivity index (χ1n) is 11.6. The number of rotatable bonds is 7. The predicted octanol–water partition coefficient (Wildman–Crippen LogP) is 3.09. The Balaban J connectivity index is 1.80. The van der Waals surface area contributed by atoms with E-state index in [1.807, 2.05) is 26.8 Å². The fourth-order valence-electron chi connectivity index (χ4n) is 4.92. The molecule has 0 amide bonds. The number of ketones is 1. The second-order valence-corrected chi connectivity index (χ2v) is 10.0. The van der Waals surface area contributed by atoms with Gasteiger partial charge in [-0.3, -0.25) is 14.4 Å². The van der Waals surface area contributed by atoms with E-state index in [0.717, 1.165) is 18.3 Å². The Morgan fingerprint density at radius 3 is 2.66 bits per heavy atom. The Labute approximate surface area is 189 Å². The van der Waals surface area contributed by atoms with Crippen molar-refractivity contribution in [1.29, 1.82) is 0 Å². The van der Waals surface area contributed by atoms with E-state index in [-0.39, 0.29) is 24.2 Å². The summed E-state index contributed by atoms with van der Waals surface area (Å²) in [7, 11) is 0. The first-order valence-corrected chi connectivity index (χ1v) is 11.6. The Kier molecular flexibility index (Phi) is 7.38. The summed E-state index contributed by atoms with van der Waals surface area (Å²) in [6.45, 7) is 7.81. The smallest absolute Gasteiger partial charge is 0.377 e. The predicted molar refractivity (Wildman–Crippen MR) is 116 cm³/mol. The number of carbonyl (C=O) groups is 4. The van der Waals surface area contributed by atoms with Gasteiger partial charge in [-0.15, -0.1) is 0 Å². The third-order valence-corrected chi connectivity index (χ3v) is 7.42. The summed E-state index contributed by atoms with van der Waals surface area (Å²) >= 11 is 0. The molecule has 3 aliphatic rings. The SMILES string of the molecule is CCC(C)(C)C(=O)O[C@H]1CC(C=O)=CC2=CC[C@H](C)[C@H](CC[C@@H]3C[C@@H](O)C(=O)C(=O)O3)[C@H]21. The molecular weight excluding hydrogens is 412 g/mol. The lowest BCUT2D eigenvalue weighted by molar-refractivity contribution is -0.170. The summed E-state index contributed by atoms with van der Waals surface area (Å²) in [5, 5.41) is 9.83. The van der Waals surface area contributed by atoms with Crippen molar-refractivity contribution in [2.45, 2.75) is 84.5 Å². The molecule has 0 radical (unpaired) electrons. The van der Waals surface area contributed by atoms with E-state index in [0.29, 0.717) is 37.2 Å². The highest BCUT2D eigenvalue weighted by Crippen LogP contribution is 2.46. The lowest BCUT2D eigenvalue weighted by atomic mass is 9.65. The van der Waals surface area contributed by atoms with Crippen molar-refractivity contribution in [2.24, 2.45) is 23.2 Å². The zero-order valence-electron chi connectivity index (χ0n) is 19.3. The number of carbonyl (C=O) groups excluding carboxylic acids is 4. The molecule has 1 N–H and O–H groups in total. The van der Waals surface area contributed by atoms with E-state index in [9.17, 15) is 24.3 Å². The van der Waals surface area contributed by atoms with Crippen LogP contribution in [0.15, 0.2) is 23.3 Å². The molecule has 0 aromatic heterocycles. The number of ether oxygens (including phenoxy) is 2. The molecule has 7 nitrogen and oxygen atoms in total. The van der Waals surface area contributed by atoms with Crippen LogP contribution < -0.4 is 0 Å². The number of allylic oxidation sites excluding steroid dienone is 2. The van der Waals surface area contributed by atoms with Crippen LogP contribution in [-0.2, 0) is 28.7 Å². The van der Waals surface area contributed by atoms with Crippen LogP contribution in [0.5, 0.6) is 0 Å². The van der Waals surface area contributed by atoms with Gasteiger partial charge >= 0.3 is 11.9 Å². The fourth-order valence-corrected chi connectivity index (χ4v) is 4.92. The number of Topliss-reactive ketones (excluding diaryl/α,β-unsaturated/α-hetero) is 1. The topological polar surface area (TPSA) is 107 Å². The maximum Gasteiger partial charge on any atom is 0.377 e. The highest BCUT2D eigenvalue weighted by Gasteiger charge is 2.44. The minimum Gasteiger partial charge on any atom is -0.461 e. The summed E-state index contributed by atoms with van der Waals surface area (Å²) < 4.78 is 11.2. The molecular formula is C25H34O7. The summed E-state index contributed by atoms with van der Waals surface area (Å²) in [4.78, 5) is 47.6. The molecule has 2 aliphatic carbocycles. The van der Waals surface area contributed by atoms with Crippen molar-refractivity contribution in [3.05, 3.63) is 23.3 Å². The van der Waals surface area contributed by atoms with Gasteiger partial charge in [0.1, 0.15) is 24.6 Å². The average molecular weight is 447 g/mol. The average Bonchev–Trinajstić information content (AvgIpc) is 2.76. The van der Waals surface area contributed by atoms with Crippen molar-refractivity contribution in [3.63, 3.8) is 0 Å². The number of hydrogen-bond acceptors (Lipinski definition) is 7. The lowest BCUT2D eigenvalue weighted by Gasteiger charge is -2.43. The molecule has 1 heterocycles. The van der Waals surface area contributed by atoms with E-state index in [2.05, 4.69) is 13.0 Å². The molecule has 6 atom stereocenters. The van der Waals surface area contributed by atoms with Crippen LogP contribution in [0, 0.1) is 23.2 Å². The Morgan fingerprint density at radius 2 is 2.03 bits per heavy atom. The van der Waals surface area contributed by atoms with Crippen LogP contribution in [0.3, 0.4) is 0 Å². The van der Waals surface area contributed by atoms with Gasteiger partial charge in [0.05, 0.1) is 5.41 Å². The molecule has 0 spiro atoms. The van der Waals surface area contributed by atoms with Crippen LogP contribution in [0.1, 0.15) is 66.2 Å². The molecule has 0 unspecified atom stereocenters. The standard InChI is InChI=1S/C25H34O7/c1-5-25(3,4)24(30)32-20-11-15(13-26)10-16-7-6-14(2)18(21(16)20)9-8-17-12-19(27)22(28)23(29)31-17/h7,10,13-14,17-21,27H,5-6,8-9,11-12H2,1-4H3/t14-,17+,18-,19+,20-,21-/m0/s1. The molecule has 1 saturated heterocycles. The molecule has 1 aliphatic heterocycles. The number of esters is 2. The van der Waals surface area contributed by atoms with Crippen LogP contribution in [0.25, 0.3) is 0 Å². The van der Waals surface area contributed by atoms with Crippen molar-refractivity contribution < 1.29 is 33.8 Å². The monoisotopic (exact) mass is 446 g/mol. The van der Waals surface area contributed by atoms with Gasteiger partial charge in [-0.2, -0.15) is 0 Å². The maximum absolute atomic E-state index is 12.9. The van der Waals surface area contributed by atoms with Gasteiger partial charge in [-0.25, -0.2) is 4.79 Å². The van der Waals surface area contributed by atoms with Gasteiger partial charge in [-0.1, -0.05) is 26.0 Å². The third-order valence-electron chi connectivity index (χ3n) is 7.42. The molecule has 32 heavy (non-hydrogen) atoms. The number of fused-ring (bicyclic) bond motifs is 1. The first-order chi connectivity index (χ1) is 15.1. The Hall–Kier alpha value is -2.28. The van der Waals surface area contributed by atoms with Gasteiger partial charge in [0.15, 0.2) is 0 Å². The first kappa shape index (κ1) is 24.4. The summed E-state index contributed by atoms with van der Waals surface area (Å²) in [6, 6.07) is 0. The van der Waals surface area contributed by atoms with Crippen molar-refractivity contribution in [2.75, 3.05) is 0 Å². The van der Waals surface area contributed by atoms with Crippen molar-refractivity contribution in [3.8, 4) is 0 Å². The largest absolute Gasteiger partial charge is 0.461 e. The highest BCUT2D eigenvalue weighted by atomic mass is 16.6. The second kappa shape index (κ2) is 9.69. The number of aldehydes is 1. The number of hydrogen-bond donors (Lipinski definition) is 1. The Morgan fingerprint density at radius 1 is 1.31 bits per heavy atom.